The van der Waals surface area contributed by atoms with Crippen LogP contribution in [0.5, 0.6) is 0 Å². The fourth-order valence-electron chi connectivity index (χ4n) is 6.52. The number of hydrazine groups is 1. The summed E-state index contributed by atoms with van der Waals surface area (Å²) in [5.41, 5.74) is -7.01. The first-order valence-electron chi connectivity index (χ1n) is 16.7. The zero-order valence-corrected chi connectivity index (χ0v) is 29.3. The Labute approximate surface area is 304 Å². The van der Waals surface area contributed by atoms with Crippen LogP contribution in [0, 0.1) is 11.6 Å². The number of aliphatic hydroxyl groups is 1. The highest BCUT2D eigenvalue weighted by atomic mass is 19.4. The topological polar surface area (TPSA) is 123 Å². The third-order valence-electron chi connectivity index (χ3n) is 9.56. The summed E-state index contributed by atoms with van der Waals surface area (Å²) in [6, 6.07) is 4.78. The third kappa shape index (κ3) is 8.27. The lowest BCUT2D eigenvalue weighted by Gasteiger charge is -2.48. The number of hydrogen-bond acceptors (Lipinski definition) is 9. The quantitative estimate of drug-likeness (QED) is 0.142. The molecular formula is C35H37F8N7O4. The predicted molar refractivity (Wildman–Crippen MR) is 179 cm³/mol. The number of carbonyl (C=O) groups is 2. The summed E-state index contributed by atoms with van der Waals surface area (Å²) >= 11 is 0. The molecule has 3 N–H and O–H groups in total. The molecule has 292 valence electrons. The van der Waals surface area contributed by atoms with E-state index in [2.05, 4.69) is 20.6 Å². The number of benzene rings is 2. The van der Waals surface area contributed by atoms with E-state index in [1.54, 1.807) is 7.11 Å². The Hall–Kier alpha value is -4.88. The minimum atomic E-state index is -4.99. The maximum absolute atomic E-state index is 15.5. The van der Waals surface area contributed by atoms with Crippen LogP contribution < -0.4 is 10.6 Å². The van der Waals surface area contributed by atoms with Crippen molar-refractivity contribution in [1.82, 2.24) is 24.9 Å². The van der Waals surface area contributed by atoms with Gasteiger partial charge in [0.05, 0.1) is 41.3 Å². The van der Waals surface area contributed by atoms with Gasteiger partial charge in [0, 0.05) is 44.9 Å². The molecule has 0 bridgehead atoms. The van der Waals surface area contributed by atoms with Crippen LogP contribution in [0.1, 0.15) is 42.5 Å². The fourth-order valence-corrected chi connectivity index (χ4v) is 6.52. The Morgan fingerprint density at radius 2 is 1.67 bits per heavy atom. The van der Waals surface area contributed by atoms with Crippen LogP contribution >= 0.6 is 0 Å². The van der Waals surface area contributed by atoms with E-state index in [0.717, 1.165) is 11.1 Å². The Kier molecular flexibility index (Phi) is 11.8. The number of hydrogen-bond donors (Lipinski definition) is 3. The first-order valence-corrected chi connectivity index (χ1v) is 16.7. The zero-order chi connectivity index (χ0) is 39.6. The molecule has 0 radical (unpaired) electrons. The molecule has 2 amide bonds. The van der Waals surface area contributed by atoms with Gasteiger partial charge in [-0.15, -0.1) is 0 Å². The number of likely N-dealkylation sites (N-methyl/N-ethyl adjacent to an activating group) is 2. The van der Waals surface area contributed by atoms with Gasteiger partial charge >= 0.3 is 12.4 Å². The number of nitrogens with zero attached hydrogens (tertiary/aromatic N) is 5. The molecule has 1 fully saturated rings. The molecule has 2 aliphatic rings. The highest BCUT2D eigenvalue weighted by molar-refractivity contribution is 6.24. The van der Waals surface area contributed by atoms with Crippen LogP contribution in [0.3, 0.4) is 0 Å². The van der Waals surface area contributed by atoms with Gasteiger partial charge in [-0.3, -0.25) is 14.6 Å². The molecule has 54 heavy (non-hydrogen) atoms. The van der Waals surface area contributed by atoms with Gasteiger partial charge in [-0.2, -0.15) is 26.3 Å². The summed E-state index contributed by atoms with van der Waals surface area (Å²) in [7, 11) is 4.84. The Morgan fingerprint density at radius 3 is 2.31 bits per heavy atom. The van der Waals surface area contributed by atoms with E-state index in [-0.39, 0.29) is 30.6 Å². The van der Waals surface area contributed by atoms with Gasteiger partial charge in [-0.25, -0.2) is 23.8 Å². The molecule has 0 atom stereocenters. The predicted octanol–water partition coefficient (Wildman–Crippen LogP) is 6.40. The third-order valence-corrected chi connectivity index (χ3v) is 9.56. The number of rotatable bonds is 12. The number of anilines is 2. The van der Waals surface area contributed by atoms with Gasteiger partial charge in [0.15, 0.2) is 11.6 Å². The number of alkyl halides is 6. The van der Waals surface area contributed by atoms with Crippen molar-refractivity contribution in [2.75, 3.05) is 58.1 Å². The van der Waals surface area contributed by atoms with Crippen molar-refractivity contribution in [2.24, 2.45) is 0 Å². The first kappa shape index (κ1) is 40.3. The maximum Gasteiger partial charge on any atom is 0.433 e. The summed E-state index contributed by atoms with van der Waals surface area (Å²) < 4.78 is 117. The van der Waals surface area contributed by atoms with Crippen LogP contribution in [-0.2, 0) is 33.2 Å². The van der Waals surface area contributed by atoms with Gasteiger partial charge in [-0.1, -0.05) is 18.9 Å². The maximum atomic E-state index is 15.5. The number of amides is 2. The average Bonchev–Trinajstić information content (AvgIpc) is 3.62. The molecule has 1 aliphatic carbocycles. The first-order chi connectivity index (χ1) is 25.4. The lowest BCUT2D eigenvalue weighted by atomic mass is 9.88. The molecule has 2 aromatic carbocycles. The molecule has 0 saturated heterocycles. The Balaban J connectivity index is 1.47. The SMILES string of the molecule is COCCN(C)CCNc1ccc(CN2C(=O)C(C(=O)Nc3ccc(C(F)(F)F)cc3-c3cc(C(F)(F)F)ncn3)=C(O)C3(CCCC3)N2C)c(F)c1F. The highest BCUT2D eigenvalue weighted by Gasteiger charge is 2.53. The molecule has 1 saturated carbocycles. The molecular weight excluding hydrogens is 734 g/mol. The summed E-state index contributed by atoms with van der Waals surface area (Å²) in [5.74, 6) is -5.59. The molecule has 1 spiro atoms. The van der Waals surface area contributed by atoms with Crippen LogP contribution in [0.15, 0.2) is 54.1 Å². The molecule has 19 heteroatoms. The van der Waals surface area contributed by atoms with Crippen LogP contribution in [0.2, 0.25) is 0 Å². The van der Waals surface area contributed by atoms with E-state index >= 15 is 8.78 Å². The second-order valence-electron chi connectivity index (χ2n) is 13.0. The largest absolute Gasteiger partial charge is 0.509 e. The van der Waals surface area contributed by atoms with Gasteiger partial charge in [0.1, 0.15) is 23.4 Å². The van der Waals surface area contributed by atoms with Crippen molar-refractivity contribution in [3.8, 4) is 11.3 Å². The van der Waals surface area contributed by atoms with Crippen LogP contribution in [-0.4, -0.2) is 94.8 Å². The van der Waals surface area contributed by atoms with Crippen molar-refractivity contribution in [3.63, 3.8) is 0 Å². The minimum absolute atomic E-state index is 0.127. The van der Waals surface area contributed by atoms with E-state index in [9.17, 15) is 41.0 Å². The number of ether oxygens (including phenoxy) is 1. The number of aromatic nitrogens is 2. The molecule has 1 aromatic heterocycles. The summed E-state index contributed by atoms with van der Waals surface area (Å²) in [5, 5.41) is 19.0. The van der Waals surface area contributed by atoms with Crippen molar-refractivity contribution in [1.29, 1.82) is 0 Å². The molecule has 11 nitrogen and oxygen atoms in total. The van der Waals surface area contributed by atoms with Gasteiger partial charge in [0.2, 0.25) is 0 Å². The van der Waals surface area contributed by atoms with E-state index in [4.69, 9.17) is 4.74 Å². The standard InChI is InChI=1S/C35H37F8N7O4/c1-48(14-15-54-3)13-12-44-24-8-6-20(28(36)29(24)37)18-50-32(53)27(30(51)33(49(50)2)10-4-5-11-33)31(52)47-23-9-7-21(34(38,39)40)16-22(23)25-17-26(35(41,42)43)46-19-45-25/h6-9,16-17,19,44,51H,4-5,10-15,18H2,1-3H3,(H,47,52). The molecule has 0 unspecified atom stereocenters. The second-order valence-corrected chi connectivity index (χ2v) is 13.0. The van der Waals surface area contributed by atoms with E-state index in [1.165, 1.54) is 24.2 Å². The summed E-state index contributed by atoms with van der Waals surface area (Å²) in [4.78, 5) is 36.7. The Bertz CT molecular complexity index is 1910. The monoisotopic (exact) mass is 771 g/mol. The summed E-state index contributed by atoms with van der Waals surface area (Å²) in [6.07, 6.45) is -7.86. The van der Waals surface area contributed by atoms with Gasteiger partial charge in [-0.05, 0) is 50.2 Å². The van der Waals surface area contributed by atoms with E-state index in [1.807, 2.05) is 11.9 Å². The van der Waals surface area contributed by atoms with Crippen LogP contribution in [0.25, 0.3) is 11.3 Å². The molecule has 3 aromatic rings. The smallest absolute Gasteiger partial charge is 0.433 e. The average molecular weight is 772 g/mol. The minimum Gasteiger partial charge on any atom is -0.509 e. The molecule has 1 aliphatic heterocycles. The van der Waals surface area contributed by atoms with E-state index < -0.39 is 87.4 Å². The molecule has 2 heterocycles. The second kappa shape index (κ2) is 15.8. The zero-order valence-electron chi connectivity index (χ0n) is 29.3. The highest BCUT2D eigenvalue weighted by Crippen LogP contribution is 2.45. The lowest BCUT2D eigenvalue weighted by Crippen LogP contribution is -2.62. The van der Waals surface area contributed by atoms with Crippen molar-refractivity contribution < 1.29 is 54.6 Å². The number of halogens is 8. The lowest BCUT2D eigenvalue weighted by molar-refractivity contribution is -0.163. The van der Waals surface area contributed by atoms with Crippen molar-refractivity contribution in [2.45, 2.75) is 50.1 Å². The number of nitrogens with one attached hydrogen (secondary N) is 2. The van der Waals surface area contributed by atoms with Crippen molar-refractivity contribution in [3.05, 3.63) is 82.5 Å². The van der Waals surface area contributed by atoms with Gasteiger partial charge < -0.3 is 25.4 Å². The number of carbonyl (C=O) groups excluding carboxylic acids is 2. The van der Waals surface area contributed by atoms with Crippen LogP contribution in [0.4, 0.5) is 46.5 Å². The van der Waals surface area contributed by atoms with Gasteiger partial charge in [0.25, 0.3) is 11.8 Å². The summed E-state index contributed by atoms with van der Waals surface area (Å²) in [6.45, 7) is 1.28. The molecule has 5 rings (SSSR count). The number of methoxy groups -OCH3 is 1. The number of aliphatic hydroxyl groups excluding tert-OH is 1. The Morgan fingerprint density at radius 1 is 0.981 bits per heavy atom. The van der Waals surface area contributed by atoms with Crippen molar-refractivity contribution >= 4 is 23.2 Å². The fraction of sp³-hybridized carbons (Fsp3) is 0.429. The normalized spacial score (nSPS) is 16.5. The van der Waals surface area contributed by atoms with E-state index in [0.29, 0.717) is 57.1 Å².